The topological polar surface area (TPSA) is 111 Å². The molecule has 0 saturated heterocycles. The molecule has 2 amide bonds. The van der Waals surface area contributed by atoms with Crippen molar-refractivity contribution in [1.82, 2.24) is 5.32 Å². The van der Waals surface area contributed by atoms with Crippen molar-refractivity contribution >= 4 is 29.3 Å². The SMILES string of the molecule is COc1ccccc1NC(=O)/C(=C/c1cccc([N+](=O)[O-])c1)NC(=O)c1ccccc1. The Hall–Kier alpha value is -4.46. The Morgan fingerprint density at radius 2 is 1.68 bits per heavy atom. The lowest BCUT2D eigenvalue weighted by Gasteiger charge is -2.13. The van der Waals surface area contributed by atoms with Crippen LogP contribution in [0.1, 0.15) is 15.9 Å². The van der Waals surface area contributed by atoms with Gasteiger partial charge in [0.25, 0.3) is 17.5 Å². The summed E-state index contributed by atoms with van der Waals surface area (Å²) < 4.78 is 5.24. The van der Waals surface area contributed by atoms with E-state index in [0.717, 1.165) is 0 Å². The first-order valence-corrected chi connectivity index (χ1v) is 9.25. The number of hydrogen-bond acceptors (Lipinski definition) is 5. The Labute approximate surface area is 178 Å². The Balaban J connectivity index is 1.95. The van der Waals surface area contributed by atoms with E-state index in [0.29, 0.717) is 22.6 Å². The maximum Gasteiger partial charge on any atom is 0.272 e. The van der Waals surface area contributed by atoms with E-state index in [9.17, 15) is 19.7 Å². The van der Waals surface area contributed by atoms with Gasteiger partial charge in [0, 0.05) is 17.7 Å². The maximum absolute atomic E-state index is 13.0. The van der Waals surface area contributed by atoms with Crippen LogP contribution in [0, 0.1) is 10.1 Å². The Morgan fingerprint density at radius 3 is 2.39 bits per heavy atom. The molecule has 0 heterocycles. The third-order valence-corrected chi connectivity index (χ3v) is 4.28. The smallest absolute Gasteiger partial charge is 0.272 e. The molecule has 0 radical (unpaired) electrons. The minimum Gasteiger partial charge on any atom is -0.495 e. The van der Waals surface area contributed by atoms with Crippen LogP contribution in [0.4, 0.5) is 11.4 Å². The van der Waals surface area contributed by atoms with Crippen molar-refractivity contribution in [3.05, 3.63) is 106 Å². The highest BCUT2D eigenvalue weighted by Crippen LogP contribution is 2.24. The highest BCUT2D eigenvalue weighted by molar-refractivity contribution is 6.11. The average molecular weight is 417 g/mol. The molecule has 0 unspecified atom stereocenters. The second-order valence-electron chi connectivity index (χ2n) is 6.38. The molecule has 3 aromatic carbocycles. The van der Waals surface area contributed by atoms with Gasteiger partial charge in [-0.1, -0.05) is 42.5 Å². The molecule has 0 bridgehead atoms. The second kappa shape index (κ2) is 9.84. The first-order chi connectivity index (χ1) is 15.0. The quantitative estimate of drug-likeness (QED) is 0.343. The number of carbonyl (C=O) groups is 2. The predicted molar refractivity (Wildman–Crippen MR) is 117 cm³/mol. The van der Waals surface area contributed by atoms with E-state index in [1.54, 1.807) is 60.7 Å². The first-order valence-electron chi connectivity index (χ1n) is 9.25. The lowest BCUT2D eigenvalue weighted by molar-refractivity contribution is -0.384. The van der Waals surface area contributed by atoms with E-state index in [1.807, 2.05) is 0 Å². The average Bonchev–Trinajstić information content (AvgIpc) is 2.79. The zero-order valence-corrected chi connectivity index (χ0v) is 16.6. The summed E-state index contributed by atoms with van der Waals surface area (Å²) in [6, 6.07) is 21.0. The monoisotopic (exact) mass is 417 g/mol. The number of para-hydroxylation sites is 2. The highest BCUT2D eigenvalue weighted by atomic mass is 16.6. The number of amides is 2. The predicted octanol–water partition coefficient (Wildman–Crippen LogP) is 4.01. The molecule has 0 spiro atoms. The zero-order chi connectivity index (χ0) is 22.2. The van der Waals surface area contributed by atoms with Gasteiger partial charge in [0.1, 0.15) is 11.4 Å². The summed E-state index contributed by atoms with van der Waals surface area (Å²) >= 11 is 0. The lowest BCUT2D eigenvalue weighted by Crippen LogP contribution is -2.30. The standard InChI is InChI=1S/C23H19N3O5/c1-31-21-13-6-5-12-19(21)24-23(28)20(25-22(27)17-9-3-2-4-10-17)15-16-8-7-11-18(14-16)26(29)30/h2-15H,1H3,(H,24,28)(H,25,27)/b20-15-. The normalized spacial score (nSPS) is 10.8. The van der Waals surface area contributed by atoms with E-state index >= 15 is 0 Å². The number of nitrogens with one attached hydrogen (secondary N) is 2. The van der Waals surface area contributed by atoms with Crippen molar-refractivity contribution in [3.8, 4) is 5.75 Å². The molecule has 8 heteroatoms. The number of nitrogens with zero attached hydrogens (tertiary/aromatic N) is 1. The number of nitro benzene ring substituents is 1. The third kappa shape index (κ3) is 5.54. The summed E-state index contributed by atoms with van der Waals surface area (Å²) in [6.45, 7) is 0. The van der Waals surface area contributed by atoms with Crippen molar-refractivity contribution in [1.29, 1.82) is 0 Å². The molecule has 0 aliphatic heterocycles. The summed E-state index contributed by atoms with van der Waals surface area (Å²) in [5.41, 5.74) is 0.937. The van der Waals surface area contributed by atoms with Crippen LogP contribution in [0.25, 0.3) is 6.08 Å². The van der Waals surface area contributed by atoms with E-state index in [1.165, 1.54) is 31.4 Å². The Morgan fingerprint density at radius 1 is 0.968 bits per heavy atom. The summed E-state index contributed by atoms with van der Waals surface area (Å²) in [5.74, 6) is -0.660. The lowest BCUT2D eigenvalue weighted by atomic mass is 10.1. The number of hydrogen-bond donors (Lipinski definition) is 2. The van der Waals surface area contributed by atoms with Crippen molar-refractivity contribution < 1.29 is 19.2 Å². The summed E-state index contributed by atoms with van der Waals surface area (Å²) in [6.07, 6.45) is 1.37. The van der Waals surface area contributed by atoms with Gasteiger partial charge in [0.05, 0.1) is 17.7 Å². The van der Waals surface area contributed by atoms with Crippen LogP contribution in [-0.2, 0) is 4.79 Å². The Kier molecular flexibility index (Phi) is 6.74. The van der Waals surface area contributed by atoms with Gasteiger partial charge in [-0.3, -0.25) is 19.7 Å². The third-order valence-electron chi connectivity index (χ3n) is 4.28. The molecule has 0 fully saturated rings. The molecular formula is C23H19N3O5. The number of nitro groups is 1. The van der Waals surface area contributed by atoms with Crippen molar-refractivity contribution in [3.63, 3.8) is 0 Å². The molecule has 0 aromatic heterocycles. The van der Waals surface area contributed by atoms with Crippen LogP contribution in [0.3, 0.4) is 0 Å². The fraction of sp³-hybridized carbons (Fsp3) is 0.0435. The van der Waals surface area contributed by atoms with Gasteiger partial charge in [0.2, 0.25) is 0 Å². The van der Waals surface area contributed by atoms with Gasteiger partial charge in [-0.15, -0.1) is 0 Å². The molecule has 31 heavy (non-hydrogen) atoms. The van der Waals surface area contributed by atoms with Crippen molar-refractivity contribution in [2.45, 2.75) is 0 Å². The minimum atomic E-state index is -0.611. The molecule has 0 aliphatic carbocycles. The molecule has 8 nitrogen and oxygen atoms in total. The summed E-state index contributed by atoms with van der Waals surface area (Å²) in [4.78, 5) is 36.2. The first kappa shape index (κ1) is 21.3. The number of benzene rings is 3. The molecule has 0 atom stereocenters. The number of ether oxygens (including phenoxy) is 1. The van der Waals surface area contributed by atoms with Crippen LogP contribution in [0.5, 0.6) is 5.75 Å². The molecule has 156 valence electrons. The van der Waals surface area contributed by atoms with Crippen LogP contribution in [0.15, 0.2) is 84.6 Å². The largest absolute Gasteiger partial charge is 0.495 e. The van der Waals surface area contributed by atoms with Crippen molar-refractivity contribution in [2.24, 2.45) is 0 Å². The number of anilines is 1. The van der Waals surface area contributed by atoms with Crippen LogP contribution in [0.2, 0.25) is 0 Å². The van der Waals surface area contributed by atoms with Gasteiger partial charge in [-0.05, 0) is 35.9 Å². The fourth-order valence-corrected chi connectivity index (χ4v) is 2.77. The minimum absolute atomic E-state index is 0.0831. The van der Waals surface area contributed by atoms with Gasteiger partial charge in [-0.2, -0.15) is 0 Å². The van der Waals surface area contributed by atoms with Gasteiger partial charge >= 0.3 is 0 Å². The number of methoxy groups -OCH3 is 1. The van der Waals surface area contributed by atoms with Crippen molar-refractivity contribution in [2.75, 3.05) is 12.4 Å². The summed E-state index contributed by atoms with van der Waals surface area (Å²) in [5, 5.41) is 16.4. The number of carbonyl (C=O) groups excluding carboxylic acids is 2. The van der Waals surface area contributed by atoms with E-state index in [-0.39, 0.29) is 11.4 Å². The second-order valence-corrected chi connectivity index (χ2v) is 6.38. The highest BCUT2D eigenvalue weighted by Gasteiger charge is 2.17. The van der Waals surface area contributed by atoms with Crippen LogP contribution < -0.4 is 15.4 Å². The molecule has 3 aromatic rings. The molecule has 0 aliphatic rings. The van der Waals surface area contributed by atoms with Gasteiger partial charge in [-0.25, -0.2) is 0 Å². The Bertz CT molecular complexity index is 1140. The number of non-ortho nitro benzene ring substituents is 1. The van der Waals surface area contributed by atoms with E-state index in [2.05, 4.69) is 10.6 Å². The molecule has 3 rings (SSSR count). The maximum atomic E-state index is 13.0. The number of rotatable bonds is 7. The summed E-state index contributed by atoms with van der Waals surface area (Å²) in [7, 11) is 1.47. The fourth-order valence-electron chi connectivity index (χ4n) is 2.77. The van der Waals surface area contributed by atoms with Crippen LogP contribution in [-0.4, -0.2) is 23.8 Å². The molecule has 2 N–H and O–H groups in total. The zero-order valence-electron chi connectivity index (χ0n) is 16.6. The van der Waals surface area contributed by atoms with Gasteiger partial charge in [0.15, 0.2) is 0 Å². The van der Waals surface area contributed by atoms with Gasteiger partial charge < -0.3 is 15.4 Å². The van der Waals surface area contributed by atoms with Crippen LogP contribution >= 0.6 is 0 Å². The molecule has 0 saturated carbocycles. The van der Waals surface area contributed by atoms with E-state index < -0.39 is 16.7 Å². The van der Waals surface area contributed by atoms with E-state index in [4.69, 9.17) is 4.74 Å². The molecular weight excluding hydrogens is 398 g/mol.